The molecule has 1 aromatic carbocycles. The third kappa shape index (κ3) is 3.41. The first kappa shape index (κ1) is 14.6. The van der Waals surface area contributed by atoms with Crippen LogP contribution in [0.15, 0.2) is 18.2 Å². The normalized spacial score (nSPS) is 19.4. The molecule has 0 radical (unpaired) electrons. The lowest BCUT2D eigenvalue weighted by molar-refractivity contribution is 0.0117. The summed E-state index contributed by atoms with van der Waals surface area (Å²) in [5.41, 5.74) is 0.461. The molecule has 20 heavy (non-hydrogen) atoms. The molecule has 5 nitrogen and oxygen atoms in total. The second-order valence-electron chi connectivity index (χ2n) is 4.68. The van der Waals surface area contributed by atoms with Gasteiger partial charge >= 0.3 is 0 Å². The Bertz CT molecular complexity index is 477. The van der Waals surface area contributed by atoms with E-state index in [2.05, 4.69) is 6.07 Å². The first-order chi connectivity index (χ1) is 9.78. The third-order valence-corrected chi connectivity index (χ3v) is 3.50. The minimum Gasteiger partial charge on any atom is -0.495 e. The number of hydrogen-bond donors (Lipinski definition) is 0. The van der Waals surface area contributed by atoms with Gasteiger partial charge in [-0.3, -0.25) is 0 Å². The summed E-state index contributed by atoms with van der Waals surface area (Å²) < 4.78 is 21.7. The maximum atomic E-state index is 9.04. The zero-order chi connectivity index (χ0) is 14.4. The second-order valence-corrected chi connectivity index (χ2v) is 4.68. The molecule has 1 saturated heterocycles. The van der Waals surface area contributed by atoms with Crippen LogP contribution in [0, 0.1) is 17.2 Å². The standard InChI is InChI=1S/C15H19NO4/c1-17-14-4-3-13(7-12(14)8-16)20-10-15(18-2)11-5-6-19-9-11/h3-4,7,11,15H,5-6,9-10H2,1-2H3. The maximum Gasteiger partial charge on any atom is 0.136 e. The SMILES string of the molecule is COc1ccc(OCC(OC)C2CCOC2)cc1C#N. The highest BCUT2D eigenvalue weighted by Gasteiger charge is 2.26. The summed E-state index contributed by atoms with van der Waals surface area (Å²) in [5.74, 6) is 1.56. The number of benzene rings is 1. The Kier molecular flexibility index (Phi) is 5.22. The third-order valence-electron chi connectivity index (χ3n) is 3.50. The minimum atomic E-state index is 0.00476. The monoisotopic (exact) mass is 277 g/mol. The predicted octanol–water partition coefficient (Wildman–Crippen LogP) is 2.00. The molecule has 1 heterocycles. The fourth-order valence-electron chi connectivity index (χ4n) is 2.29. The van der Waals surface area contributed by atoms with Crippen LogP contribution in [0.25, 0.3) is 0 Å². The Morgan fingerprint density at radius 2 is 2.30 bits per heavy atom. The van der Waals surface area contributed by atoms with Crippen LogP contribution < -0.4 is 9.47 Å². The molecule has 2 unspecified atom stereocenters. The Morgan fingerprint density at radius 3 is 2.90 bits per heavy atom. The van der Waals surface area contributed by atoms with Crippen LogP contribution in [-0.2, 0) is 9.47 Å². The van der Waals surface area contributed by atoms with Crippen molar-refractivity contribution >= 4 is 0 Å². The van der Waals surface area contributed by atoms with Gasteiger partial charge < -0.3 is 18.9 Å². The molecule has 108 valence electrons. The molecular weight excluding hydrogens is 258 g/mol. The zero-order valence-electron chi connectivity index (χ0n) is 11.8. The molecule has 0 spiro atoms. The first-order valence-corrected chi connectivity index (χ1v) is 6.60. The molecule has 1 aliphatic rings. The molecule has 0 aromatic heterocycles. The molecule has 0 saturated carbocycles. The smallest absolute Gasteiger partial charge is 0.136 e. The van der Waals surface area contributed by atoms with Gasteiger partial charge in [0.1, 0.15) is 24.2 Å². The summed E-state index contributed by atoms with van der Waals surface area (Å²) in [4.78, 5) is 0. The number of methoxy groups -OCH3 is 2. The van der Waals surface area contributed by atoms with Gasteiger partial charge in [-0.05, 0) is 18.6 Å². The number of ether oxygens (including phenoxy) is 4. The van der Waals surface area contributed by atoms with E-state index in [1.54, 1.807) is 25.3 Å². The predicted molar refractivity (Wildman–Crippen MR) is 72.9 cm³/mol. The van der Waals surface area contributed by atoms with E-state index >= 15 is 0 Å². The molecular formula is C15H19NO4. The van der Waals surface area contributed by atoms with Crippen LogP contribution in [0.3, 0.4) is 0 Å². The van der Waals surface area contributed by atoms with Gasteiger partial charge in [0.2, 0.25) is 0 Å². The largest absolute Gasteiger partial charge is 0.495 e. The van der Waals surface area contributed by atoms with Crippen molar-refractivity contribution in [3.05, 3.63) is 23.8 Å². The van der Waals surface area contributed by atoms with Crippen molar-refractivity contribution in [1.82, 2.24) is 0 Å². The molecule has 0 N–H and O–H groups in total. The molecule has 0 aliphatic carbocycles. The van der Waals surface area contributed by atoms with E-state index in [-0.39, 0.29) is 6.10 Å². The van der Waals surface area contributed by atoms with Crippen LogP contribution in [0.1, 0.15) is 12.0 Å². The van der Waals surface area contributed by atoms with E-state index in [0.717, 1.165) is 13.0 Å². The molecule has 0 bridgehead atoms. The van der Waals surface area contributed by atoms with E-state index in [9.17, 15) is 0 Å². The van der Waals surface area contributed by atoms with E-state index < -0.39 is 0 Å². The van der Waals surface area contributed by atoms with Gasteiger partial charge in [-0.25, -0.2) is 0 Å². The van der Waals surface area contributed by atoms with Gasteiger partial charge in [-0.1, -0.05) is 0 Å². The zero-order valence-corrected chi connectivity index (χ0v) is 11.8. The van der Waals surface area contributed by atoms with Crippen LogP contribution in [-0.4, -0.2) is 40.1 Å². The van der Waals surface area contributed by atoms with Gasteiger partial charge in [0.05, 0.1) is 25.4 Å². The summed E-state index contributed by atoms with van der Waals surface area (Å²) in [7, 11) is 3.22. The highest BCUT2D eigenvalue weighted by Crippen LogP contribution is 2.24. The highest BCUT2D eigenvalue weighted by atomic mass is 16.5. The van der Waals surface area contributed by atoms with Crippen LogP contribution in [0.5, 0.6) is 11.5 Å². The summed E-state index contributed by atoms with van der Waals surface area (Å²) in [5, 5.41) is 9.04. The number of nitriles is 1. The molecule has 1 fully saturated rings. The van der Waals surface area contributed by atoms with Crippen molar-refractivity contribution in [2.75, 3.05) is 34.0 Å². The summed E-state index contributed by atoms with van der Waals surface area (Å²) in [6.45, 7) is 1.95. The van der Waals surface area contributed by atoms with E-state index in [4.69, 9.17) is 24.2 Å². The fraction of sp³-hybridized carbons (Fsp3) is 0.533. The Labute approximate surface area is 119 Å². The summed E-state index contributed by atoms with van der Waals surface area (Å²) in [6.07, 6.45) is 0.999. The van der Waals surface area contributed by atoms with Crippen molar-refractivity contribution in [2.45, 2.75) is 12.5 Å². The van der Waals surface area contributed by atoms with Crippen molar-refractivity contribution in [3.8, 4) is 17.6 Å². The van der Waals surface area contributed by atoms with E-state index in [1.807, 2.05) is 0 Å². The Morgan fingerprint density at radius 1 is 1.45 bits per heavy atom. The second kappa shape index (κ2) is 7.13. The van der Waals surface area contributed by atoms with Crippen LogP contribution in [0.2, 0.25) is 0 Å². The van der Waals surface area contributed by atoms with Crippen molar-refractivity contribution in [1.29, 1.82) is 5.26 Å². The Hall–Kier alpha value is -1.77. The minimum absolute atomic E-state index is 0.00476. The number of hydrogen-bond acceptors (Lipinski definition) is 5. The number of rotatable bonds is 6. The lowest BCUT2D eigenvalue weighted by Crippen LogP contribution is -2.29. The lowest BCUT2D eigenvalue weighted by atomic mass is 10.0. The highest BCUT2D eigenvalue weighted by molar-refractivity contribution is 5.47. The molecule has 1 aromatic rings. The molecule has 5 heteroatoms. The van der Waals surface area contributed by atoms with Gasteiger partial charge in [0, 0.05) is 25.7 Å². The van der Waals surface area contributed by atoms with Crippen molar-refractivity contribution in [3.63, 3.8) is 0 Å². The van der Waals surface area contributed by atoms with Gasteiger partial charge in [0.25, 0.3) is 0 Å². The fourth-order valence-corrected chi connectivity index (χ4v) is 2.29. The molecule has 2 rings (SSSR count). The van der Waals surface area contributed by atoms with Gasteiger partial charge in [-0.15, -0.1) is 0 Å². The summed E-state index contributed by atoms with van der Waals surface area (Å²) in [6, 6.07) is 7.28. The molecule has 0 amide bonds. The van der Waals surface area contributed by atoms with E-state index in [0.29, 0.717) is 36.2 Å². The van der Waals surface area contributed by atoms with Crippen molar-refractivity contribution < 1.29 is 18.9 Å². The van der Waals surface area contributed by atoms with Crippen molar-refractivity contribution in [2.24, 2.45) is 5.92 Å². The van der Waals surface area contributed by atoms with Gasteiger partial charge in [0.15, 0.2) is 0 Å². The quantitative estimate of drug-likeness (QED) is 0.796. The van der Waals surface area contributed by atoms with Crippen LogP contribution >= 0.6 is 0 Å². The Balaban J connectivity index is 1.97. The lowest BCUT2D eigenvalue weighted by Gasteiger charge is -2.21. The van der Waals surface area contributed by atoms with Crippen LogP contribution in [0.4, 0.5) is 0 Å². The average Bonchev–Trinajstić information content (AvgIpc) is 3.02. The topological polar surface area (TPSA) is 60.7 Å². The van der Waals surface area contributed by atoms with E-state index in [1.165, 1.54) is 7.11 Å². The first-order valence-electron chi connectivity index (χ1n) is 6.60. The number of nitrogens with zero attached hydrogens (tertiary/aromatic N) is 1. The maximum absolute atomic E-state index is 9.04. The molecule has 1 aliphatic heterocycles. The molecule has 2 atom stereocenters. The average molecular weight is 277 g/mol. The summed E-state index contributed by atoms with van der Waals surface area (Å²) >= 11 is 0. The van der Waals surface area contributed by atoms with Gasteiger partial charge in [-0.2, -0.15) is 5.26 Å².